The van der Waals surface area contributed by atoms with Crippen molar-refractivity contribution in [3.05, 3.63) is 30.0 Å². The number of aryl methyl sites for hydroxylation is 1. The van der Waals surface area contributed by atoms with E-state index in [9.17, 15) is 0 Å². The van der Waals surface area contributed by atoms with Crippen molar-refractivity contribution in [2.24, 2.45) is 13.0 Å². The number of para-hydroxylation sites is 1. The van der Waals surface area contributed by atoms with Gasteiger partial charge in [0.1, 0.15) is 0 Å². The normalized spacial score (nSPS) is 18.2. The minimum atomic E-state index is 0.600. The Morgan fingerprint density at radius 3 is 2.84 bits per heavy atom. The summed E-state index contributed by atoms with van der Waals surface area (Å²) in [5, 5.41) is 9.59. The summed E-state index contributed by atoms with van der Waals surface area (Å²) in [4.78, 5) is 0. The van der Waals surface area contributed by atoms with Crippen molar-refractivity contribution in [2.75, 3.05) is 0 Å². The monoisotopic (exact) mass is 257 g/mol. The van der Waals surface area contributed by atoms with Crippen molar-refractivity contribution < 1.29 is 0 Å². The Morgan fingerprint density at radius 2 is 2.05 bits per heavy atom. The number of benzene rings is 1. The zero-order valence-corrected chi connectivity index (χ0v) is 11.9. The van der Waals surface area contributed by atoms with E-state index < -0.39 is 0 Å². The van der Waals surface area contributed by atoms with Crippen LogP contribution in [-0.4, -0.2) is 15.8 Å². The molecule has 0 spiro atoms. The van der Waals surface area contributed by atoms with Crippen LogP contribution in [0.3, 0.4) is 0 Å². The standard InChI is InChI=1S/C16H23N3/c1-12(13-7-3-4-8-13)17-11-15-14-9-5-6-10-16(14)19(2)18-15/h5-6,9-10,12-13,17H,3-4,7-8,11H2,1-2H3/t12-/m0/s1. The summed E-state index contributed by atoms with van der Waals surface area (Å²) < 4.78 is 1.98. The fourth-order valence-corrected chi connectivity index (χ4v) is 3.30. The first-order valence-corrected chi connectivity index (χ1v) is 7.39. The van der Waals surface area contributed by atoms with Gasteiger partial charge >= 0.3 is 0 Å². The molecule has 1 saturated carbocycles. The summed E-state index contributed by atoms with van der Waals surface area (Å²) >= 11 is 0. The van der Waals surface area contributed by atoms with Gasteiger partial charge in [-0.15, -0.1) is 0 Å². The van der Waals surface area contributed by atoms with Crippen LogP contribution in [0.2, 0.25) is 0 Å². The van der Waals surface area contributed by atoms with Crippen LogP contribution in [0.25, 0.3) is 10.9 Å². The summed E-state index contributed by atoms with van der Waals surface area (Å²) in [5.74, 6) is 0.856. The minimum absolute atomic E-state index is 0.600. The van der Waals surface area contributed by atoms with Crippen molar-refractivity contribution in [2.45, 2.75) is 45.2 Å². The minimum Gasteiger partial charge on any atom is -0.308 e. The van der Waals surface area contributed by atoms with E-state index in [-0.39, 0.29) is 0 Å². The third kappa shape index (κ3) is 2.52. The summed E-state index contributed by atoms with van der Waals surface area (Å²) in [5.41, 5.74) is 2.38. The average Bonchev–Trinajstić information content (AvgIpc) is 3.06. The van der Waals surface area contributed by atoms with Gasteiger partial charge in [0, 0.05) is 25.0 Å². The van der Waals surface area contributed by atoms with Crippen LogP contribution in [0.1, 0.15) is 38.3 Å². The topological polar surface area (TPSA) is 29.9 Å². The highest BCUT2D eigenvalue weighted by Gasteiger charge is 2.21. The lowest BCUT2D eigenvalue weighted by Gasteiger charge is -2.19. The molecule has 0 amide bonds. The lowest BCUT2D eigenvalue weighted by Crippen LogP contribution is -2.31. The highest BCUT2D eigenvalue weighted by Crippen LogP contribution is 2.27. The molecule has 19 heavy (non-hydrogen) atoms. The Balaban J connectivity index is 1.71. The lowest BCUT2D eigenvalue weighted by molar-refractivity contribution is 0.379. The van der Waals surface area contributed by atoms with Gasteiger partial charge in [-0.3, -0.25) is 4.68 Å². The molecule has 0 aliphatic heterocycles. The quantitative estimate of drug-likeness (QED) is 0.911. The molecule has 0 saturated heterocycles. The van der Waals surface area contributed by atoms with E-state index in [2.05, 4.69) is 41.6 Å². The lowest BCUT2D eigenvalue weighted by atomic mass is 10.00. The SMILES string of the molecule is C[C@H](NCc1nn(C)c2ccccc12)C1CCCC1. The maximum absolute atomic E-state index is 4.64. The van der Waals surface area contributed by atoms with Gasteiger partial charge in [0.15, 0.2) is 0 Å². The molecule has 1 fully saturated rings. The molecule has 1 heterocycles. The zero-order valence-electron chi connectivity index (χ0n) is 11.9. The number of nitrogens with zero attached hydrogens (tertiary/aromatic N) is 2. The molecule has 2 aromatic rings. The molecule has 0 radical (unpaired) electrons. The van der Waals surface area contributed by atoms with Crippen molar-refractivity contribution in [1.29, 1.82) is 0 Å². The second-order valence-corrected chi connectivity index (χ2v) is 5.80. The molecule has 1 aliphatic carbocycles. The second-order valence-electron chi connectivity index (χ2n) is 5.80. The molecule has 3 heteroatoms. The third-order valence-corrected chi connectivity index (χ3v) is 4.53. The van der Waals surface area contributed by atoms with Crippen LogP contribution in [0.5, 0.6) is 0 Å². The molecule has 1 aliphatic rings. The van der Waals surface area contributed by atoms with Crippen LogP contribution in [0.4, 0.5) is 0 Å². The predicted octanol–water partition coefficient (Wildman–Crippen LogP) is 3.24. The first-order valence-electron chi connectivity index (χ1n) is 7.39. The number of rotatable bonds is 4. The number of aromatic nitrogens is 2. The molecule has 1 N–H and O–H groups in total. The molecule has 1 aromatic heterocycles. The Labute approximate surface area is 115 Å². The van der Waals surface area contributed by atoms with Crippen LogP contribution in [0, 0.1) is 5.92 Å². The highest BCUT2D eigenvalue weighted by atomic mass is 15.3. The van der Waals surface area contributed by atoms with Crippen LogP contribution in [0.15, 0.2) is 24.3 Å². The molecular formula is C16H23N3. The molecule has 1 aromatic carbocycles. The molecule has 0 unspecified atom stereocenters. The Hall–Kier alpha value is -1.35. The first-order chi connectivity index (χ1) is 9.25. The average molecular weight is 257 g/mol. The van der Waals surface area contributed by atoms with Crippen LogP contribution >= 0.6 is 0 Å². The molecule has 3 nitrogen and oxygen atoms in total. The van der Waals surface area contributed by atoms with Gasteiger partial charge in [0.2, 0.25) is 0 Å². The largest absolute Gasteiger partial charge is 0.308 e. The second kappa shape index (κ2) is 5.33. The van der Waals surface area contributed by atoms with Crippen molar-refractivity contribution in [1.82, 2.24) is 15.1 Å². The molecule has 3 rings (SSSR count). The van der Waals surface area contributed by atoms with Crippen molar-refractivity contribution >= 4 is 10.9 Å². The summed E-state index contributed by atoms with van der Waals surface area (Å²) in [6.45, 7) is 3.19. The predicted molar refractivity (Wildman–Crippen MR) is 79.0 cm³/mol. The number of fused-ring (bicyclic) bond motifs is 1. The van der Waals surface area contributed by atoms with Gasteiger partial charge in [0.25, 0.3) is 0 Å². The zero-order chi connectivity index (χ0) is 13.2. The van der Waals surface area contributed by atoms with E-state index in [1.807, 2.05) is 11.7 Å². The number of hydrogen-bond acceptors (Lipinski definition) is 2. The van der Waals surface area contributed by atoms with E-state index in [1.54, 1.807) is 0 Å². The third-order valence-electron chi connectivity index (χ3n) is 4.53. The highest BCUT2D eigenvalue weighted by molar-refractivity contribution is 5.81. The number of nitrogens with one attached hydrogen (secondary N) is 1. The van der Waals surface area contributed by atoms with Crippen molar-refractivity contribution in [3.8, 4) is 0 Å². The Bertz CT molecular complexity index is 552. The maximum atomic E-state index is 4.64. The van der Waals surface area contributed by atoms with E-state index in [4.69, 9.17) is 0 Å². The van der Waals surface area contributed by atoms with Crippen LogP contribution < -0.4 is 5.32 Å². The first kappa shape index (κ1) is 12.7. The van der Waals surface area contributed by atoms with Gasteiger partial charge < -0.3 is 5.32 Å². The Morgan fingerprint density at radius 1 is 1.32 bits per heavy atom. The van der Waals surface area contributed by atoms with E-state index in [1.165, 1.54) is 42.3 Å². The van der Waals surface area contributed by atoms with Gasteiger partial charge in [-0.05, 0) is 31.7 Å². The van der Waals surface area contributed by atoms with Gasteiger partial charge in [-0.1, -0.05) is 31.0 Å². The summed E-state index contributed by atoms with van der Waals surface area (Å²) in [7, 11) is 2.02. The molecular weight excluding hydrogens is 234 g/mol. The van der Waals surface area contributed by atoms with E-state index in [0.29, 0.717) is 6.04 Å². The Kier molecular flexibility index (Phi) is 3.56. The number of hydrogen-bond donors (Lipinski definition) is 1. The molecule has 0 bridgehead atoms. The molecule has 1 atom stereocenters. The van der Waals surface area contributed by atoms with Gasteiger partial charge in [-0.2, -0.15) is 5.10 Å². The smallest absolute Gasteiger partial charge is 0.0841 e. The van der Waals surface area contributed by atoms with E-state index >= 15 is 0 Å². The van der Waals surface area contributed by atoms with Crippen LogP contribution in [-0.2, 0) is 13.6 Å². The van der Waals surface area contributed by atoms with Crippen molar-refractivity contribution in [3.63, 3.8) is 0 Å². The van der Waals surface area contributed by atoms with E-state index in [0.717, 1.165) is 12.5 Å². The maximum Gasteiger partial charge on any atom is 0.0841 e. The summed E-state index contributed by atoms with van der Waals surface area (Å²) in [6.07, 6.45) is 5.58. The van der Waals surface area contributed by atoms with Gasteiger partial charge in [-0.25, -0.2) is 0 Å². The fraction of sp³-hybridized carbons (Fsp3) is 0.562. The van der Waals surface area contributed by atoms with Gasteiger partial charge in [0.05, 0.1) is 11.2 Å². The molecule has 102 valence electrons. The summed E-state index contributed by atoms with van der Waals surface area (Å²) in [6, 6.07) is 9.06. The fourth-order valence-electron chi connectivity index (χ4n) is 3.30.